The summed E-state index contributed by atoms with van der Waals surface area (Å²) in [7, 11) is 0. The molecule has 0 amide bonds. The van der Waals surface area contributed by atoms with Gasteiger partial charge in [-0.25, -0.2) is 0 Å². The number of fused-ring (bicyclic) bond motifs is 1. The third kappa shape index (κ3) is 1.63. The summed E-state index contributed by atoms with van der Waals surface area (Å²) in [6.45, 7) is 3.68. The zero-order valence-electron chi connectivity index (χ0n) is 8.67. The van der Waals surface area contributed by atoms with Crippen LogP contribution in [0.3, 0.4) is 0 Å². The molecule has 0 aliphatic heterocycles. The summed E-state index contributed by atoms with van der Waals surface area (Å²) >= 11 is 3.00. The second-order valence-corrected chi connectivity index (χ2v) is 4.53. The Labute approximate surface area is 98.8 Å². The predicted molar refractivity (Wildman–Crippen MR) is 60.5 cm³/mol. The molecule has 0 saturated heterocycles. The van der Waals surface area contributed by atoms with Crippen LogP contribution >= 0.6 is 15.9 Å². The standard InChI is InChI=1S/C11H9BrF3N/c1-5-3-4-7-8(12)10(11(13,14)15)16-9(7)6(5)2/h3-4,16H,1-2H3. The topological polar surface area (TPSA) is 15.8 Å². The van der Waals surface area contributed by atoms with Crippen molar-refractivity contribution in [3.8, 4) is 0 Å². The van der Waals surface area contributed by atoms with Crippen LogP contribution in [0.15, 0.2) is 16.6 Å². The van der Waals surface area contributed by atoms with Gasteiger partial charge in [-0.15, -0.1) is 0 Å². The van der Waals surface area contributed by atoms with Crippen LogP contribution in [0.4, 0.5) is 13.2 Å². The van der Waals surface area contributed by atoms with E-state index in [0.717, 1.165) is 11.1 Å². The van der Waals surface area contributed by atoms with Gasteiger partial charge in [0.15, 0.2) is 0 Å². The Kier molecular flexibility index (Phi) is 2.53. The van der Waals surface area contributed by atoms with Gasteiger partial charge < -0.3 is 4.98 Å². The smallest absolute Gasteiger partial charge is 0.350 e. The molecular weight excluding hydrogens is 283 g/mol. The van der Waals surface area contributed by atoms with Gasteiger partial charge in [0.2, 0.25) is 0 Å². The van der Waals surface area contributed by atoms with Crippen LogP contribution in [-0.2, 0) is 6.18 Å². The molecule has 0 radical (unpaired) electrons. The number of alkyl halides is 3. The molecule has 0 unspecified atom stereocenters. The van der Waals surface area contributed by atoms with E-state index < -0.39 is 11.9 Å². The summed E-state index contributed by atoms with van der Waals surface area (Å²) in [6, 6.07) is 3.50. The number of halogens is 4. The molecule has 1 aromatic heterocycles. The highest BCUT2D eigenvalue weighted by Crippen LogP contribution is 2.39. The number of benzene rings is 1. The zero-order valence-corrected chi connectivity index (χ0v) is 10.3. The van der Waals surface area contributed by atoms with E-state index in [2.05, 4.69) is 20.9 Å². The van der Waals surface area contributed by atoms with E-state index >= 15 is 0 Å². The van der Waals surface area contributed by atoms with Gasteiger partial charge in [-0.05, 0) is 40.9 Å². The minimum atomic E-state index is -4.36. The van der Waals surface area contributed by atoms with E-state index in [1.165, 1.54) is 0 Å². The maximum Gasteiger partial charge on any atom is 0.432 e. The molecule has 0 spiro atoms. The number of H-pyrrole nitrogens is 1. The van der Waals surface area contributed by atoms with Gasteiger partial charge >= 0.3 is 6.18 Å². The number of aryl methyl sites for hydroxylation is 2. The molecule has 5 heteroatoms. The molecule has 1 heterocycles. The molecule has 16 heavy (non-hydrogen) atoms. The Hall–Kier alpha value is -0.970. The molecule has 0 atom stereocenters. The lowest BCUT2D eigenvalue weighted by Crippen LogP contribution is -2.05. The van der Waals surface area contributed by atoms with E-state index in [0.29, 0.717) is 10.9 Å². The fourth-order valence-electron chi connectivity index (χ4n) is 1.67. The largest absolute Gasteiger partial charge is 0.432 e. The van der Waals surface area contributed by atoms with Crippen molar-refractivity contribution < 1.29 is 13.2 Å². The first-order valence-electron chi connectivity index (χ1n) is 4.67. The first-order valence-corrected chi connectivity index (χ1v) is 5.46. The van der Waals surface area contributed by atoms with Crippen molar-refractivity contribution >= 4 is 26.8 Å². The maximum absolute atomic E-state index is 12.7. The van der Waals surface area contributed by atoms with Crippen molar-refractivity contribution in [3.63, 3.8) is 0 Å². The van der Waals surface area contributed by atoms with E-state index in [9.17, 15) is 13.2 Å². The number of rotatable bonds is 0. The minimum absolute atomic E-state index is 0.0816. The number of hydrogen-bond donors (Lipinski definition) is 1. The lowest BCUT2D eigenvalue weighted by atomic mass is 10.1. The summed E-state index contributed by atoms with van der Waals surface area (Å²) in [5.41, 5.74) is 1.62. The first kappa shape index (κ1) is 11.5. The summed E-state index contributed by atoms with van der Waals surface area (Å²) in [5, 5.41) is 0.565. The summed E-state index contributed by atoms with van der Waals surface area (Å²) in [5.74, 6) is 0. The van der Waals surface area contributed by atoms with Crippen LogP contribution in [0.1, 0.15) is 16.8 Å². The van der Waals surface area contributed by atoms with Crippen molar-refractivity contribution in [2.45, 2.75) is 20.0 Å². The molecule has 0 aliphatic carbocycles. The highest BCUT2D eigenvalue weighted by Gasteiger charge is 2.36. The van der Waals surface area contributed by atoms with Crippen molar-refractivity contribution in [1.29, 1.82) is 0 Å². The highest BCUT2D eigenvalue weighted by molar-refractivity contribution is 9.10. The van der Waals surface area contributed by atoms with Crippen LogP contribution in [0, 0.1) is 13.8 Å². The Bertz CT molecular complexity index is 554. The van der Waals surface area contributed by atoms with Crippen LogP contribution < -0.4 is 0 Å². The molecule has 86 valence electrons. The summed E-state index contributed by atoms with van der Waals surface area (Å²) in [6.07, 6.45) is -4.36. The highest BCUT2D eigenvalue weighted by atomic mass is 79.9. The van der Waals surface area contributed by atoms with Crippen LogP contribution in [0.25, 0.3) is 10.9 Å². The molecule has 0 aliphatic rings. The second-order valence-electron chi connectivity index (χ2n) is 3.74. The molecule has 0 fully saturated rings. The monoisotopic (exact) mass is 291 g/mol. The molecule has 2 rings (SSSR count). The van der Waals surface area contributed by atoms with Crippen LogP contribution in [0.2, 0.25) is 0 Å². The number of hydrogen-bond acceptors (Lipinski definition) is 0. The zero-order chi connectivity index (χ0) is 12.1. The van der Waals surface area contributed by atoms with Gasteiger partial charge in [-0.3, -0.25) is 0 Å². The van der Waals surface area contributed by atoms with Gasteiger partial charge in [0.25, 0.3) is 0 Å². The quantitative estimate of drug-likeness (QED) is 0.732. The van der Waals surface area contributed by atoms with Crippen LogP contribution in [0.5, 0.6) is 0 Å². The maximum atomic E-state index is 12.7. The third-order valence-electron chi connectivity index (χ3n) is 2.73. The SMILES string of the molecule is Cc1ccc2c(Br)c(C(F)(F)F)[nH]c2c1C. The Morgan fingerprint density at radius 1 is 1.19 bits per heavy atom. The molecule has 1 aromatic carbocycles. The number of aromatic nitrogens is 1. The molecule has 1 N–H and O–H groups in total. The van der Waals surface area contributed by atoms with E-state index in [-0.39, 0.29) is 4.47 Å². The molecule has 0 bridgehead atoms. The van der Waals surface area contributed by atoms with E-state index in [1.807, 2.05) is 13.0 Å². The van der Waals surface area contributed by atoms with Crippen molar-refractivity contribution in [1.82, 2.24) is 4.98 Å². The average molecular weight is 292 g/mol. The van der Waals surface area contributed by atoms with Crippen molar-refractivity contribution in [2.75, 3.05) is 0 Å². The fourth-order valence-corrected chi connectivity index (χ4v) is 2.32. The third-order valence-corrected chi connectivity index (χ3v) is 3.55. The second kappa shape index (κ2) is 3.52. The van der Waals surface area contributed by atoms with Crippen molar-refractivity contribution in [2.24, 2.45) is 0 Å². The van der Waals surface area contributed by atoms with E-state index in [4.69, 9.17) is 0 Å². The van der Waals surface area contributed by atoms with Gasteiger partial charge in [0, 0.05) is 5.39 Å². The summed E-state index contributed by atoms with van der Waals surface area (Å²) in [4.78, 5) is 2.44. The van der Waals surface area contributed by atoms with E-state index in [1.54, 1.807) is 13.0 Å². The average Bonchev–Trinajstić information content (AvgIpc) is 2.50. The van der Waals surface area contributed by atoms with Gasteiger partial charge in [-0.1, -0.05) is 12.1 Å². The normalized spacial score (nSPS) is 12.4. The van der Waals surface area contributed by atoms with Crippen molar-refractivity contribution in [3.05, 3.63) is 33.4 Å². The molecule has 2 aromatic rings. The fraction of sp³-hybridized carbons (Fsp3) is 0.273. The number of aromatic amines is 1. The number of nitrogens with one attached hydrogen (secondary N) is 1. The first-order chi connectivity index (χ1) is 7.32. The van der Waals surface area contributed by atoms with Gasteiger partial charge in [-0.2, -0.15) is 13.2 Å². The van der Waals surface area contributed by atoms with Gasteiger partial charge in [0.05, 0.1) is 9.99 Å². The molecule has 0 saturated carbocycles. The minimum Gasteiger partial charge on any atom is -0.350 e. The Morgan fingerprint density at radius 2 is 1.81 bits per heavy atom. The Morgan fingerprint density at radius 3 is 2.38 bits per heavy atom. The Balaban J connectivity index is 2.83. The lowest BCUT2D eigenvalue weighted by molar-refractivity contribution is -0.141. The molecular formula is C11H9BrF3N. The van der Waals surface area contributed by atoms with Crippen LogP contribution in [-0.4, -0.2) is 4.98 Å². The molecule has 1 nitrogen and oxygen atoms in total. The summed E-state index contributed by atoms with van der Waals surface area (Å²) < 4.78 is 38.1. The predicted octanol–water partition coefficient (Wildman–Crippen LogP) is 4.57. The van der Waals surface area contributed by atoms with Gasteiger partial charge in [0.1, 0.15) is 5.69 Å². The lowest BCUT2D eigenvalue weighted by Gasteiger charge is -2.03.